The second kappa shape index (κ2) is 5.39. The van der Waals surface area contributed by atoms with Crippen LogP contribution in [0.2, 0.25) is 0 Å². The summed E-state index contributed by atoms with van der Waals surface area (Å²) < 4.78 is 0. The van der Waals surface area contributed by atoms with Gasteiger partial charge in [-0.1, -0.05) is 13.0 Å². The van der Waals surface area contributed by atoms with Crippen LogP contribution in [0, 0.1) is 5.92 Å². The number of amides is 1. The molecule has 5 nitrogen and oxygen atoms in total. The summed E-state index contributed by atoms with van der Waals surface area (Å²) in [4.78, 5) is 25.8. The second-order valence-electron chi connectivity index (χ2n) is 5.91. The molecule has 0 bridgehead atoms. The molecule has 112 valence electrons. The van der Waals surface area contributed by atoms with Crippen molar-refractivity contribution < 1.29 is 14.7 Å². The quantitative estimate of drug-likeness (QED) is 0.873. The van der Waals surface area contributed by atoms with Crippen LogP contribution in [0.4, 0.5) is 5.69 Å². The number of carboxylic acids is 1. The molecule has 0 saturated carbocycles. The highest BCUT2D eigenvalue weighted by molar-refractivity contribution is 5.99. The van der Waals surface area contributed by atoms with E-state index in [0.29, 0.717) is 12.1 Å². The van der Waals surface area contributed by atoms with Gasteiger partial charge in [-0.15, -0.1) is 0 Å². The number of carbonyl (C=O) groups excluding carboxylic acids is 1. The van der Waals surface area contributed by atoms with E-state index < -0.39 is 12.0 Å². The van der Waals surface area contributed by atoms with Crippen LogP contribution in [0.15, 0.2) is 18.2 Å². The van der Waals surface area contributed by atoms with Gasteiger partial charge >= 0.3 is 5.97 Å². The van der Waals surface area contributed by atoms with E-state index in [1.807, 2.05) is 25.1 Å². The number of carbonyl (C=O) groups is 2. The van der Waals surface area contributed by atoms with Crippen LogP contribution >= 0.6 is 0 Å². The molecule has 5 heteroatoms. The zero-order chi connectivity index (χ0) is 15.0. The Labute approximate surface area is 123 Å². The van der Waals surface area contributed by atoms with E-state index in [9.17, 15) is 14.7 Å². The van der Waals surface area contributed by atoms with E-state index in [1.54, 1.807) is 0 Å². The van der Waals surface area contributed by atoms with E-state index in [-0.39, 0.29) is 11.8 Å². The van der Waals surface area contributed by atoms with Gasteiger partial charge in [0.25, 0.3) is 5.91 Å². The summed E-state index contributed by atoms with van der Waals surface area (Å²) in [5.74, 6) is -1.05. The fourth-order valence-corrected chi connectivity index (χ4v) is 3.42. The molecule has 0 radical (unpaired) electrons. The summed E-state index contributed by atoms with van der Waals surface area (Å²) in [5, 5.41) is 12.7. The highest BCUT2D eigenvalue weighted by Crippen LogP contribution is 2.30. The number of likely N-dealkylation sites (tertiary alicyclic amines) is 1. The number of aliphatic carboxylic acids is 1. The monoisotopic (exact) mass is 288 g/mol. The Hall–Kier alpha value is -2.04. The normalized spacial score (nSPS) is 24.3. The van der Waals surface area contributed by atoms with Gasteiger partial charge in [-0.3, -0.25) is 4.79 Å². The first kappa shape index (κ1) is 13.9. The van der Waals surface area contributed by atoms with E-state index in [4.69, 9.17) is 0 Å². The number of benzene rings is 1. The largest absolute Gasteiger partial charge is 0.480 e. The zero-order valence-corrected chi connectivity index (χ0v) is 12.1. The highest BCUT2D eigenvalue weighted by atomic mass is 16.4. The fraction of sp³-hybridized carbons (Fsp3) is 0.500. The summed E-state index contributed by atoms with van der Waals surface area (Å²) in [6, 6.07) is 4.95. The van der Waals surface area contributed by atoms with Crippen molar-refractivity contribution in [2.75, 3.05) is 18.4 Å². The lowest BCUT2D eigenvalue weighted by atomic mass is 9.96. The molecule has 2 aliphatic heterocycles. The maximum atomic E-state index is 12.8. The van der Waals surface area contributed by atoms with E-state index in [0.717, 1.165) is 37.1 Å². The SMILES string of the molecule is CC1CCN(C(=O)c2cccc3c2CCCN3)C1C(=O)O. The Bertz CT molecular complexity index is 585. The molecular formula is C16H20N2O3. The molecule has 1 aromatic carbocycles. The van der Waals surface area contributed by atoms with Crippen molar-refractivity contribution in [1.29, 1.82) is 0 Å². The summed E-state index contributed by atoms with van der Waals surface area (Å²) in [6.07, 6.45) is 2.61. The Morgan fingerprint density at radius 1 is 1.38 bits per heavy atom. The molecule has 3 rings (SSSR count). The Kier molecular flexibility index (Phi) is 3.57. The summed E-state index contributed by atoms with van der Waals surface area (Å²) >= 11 is 0. The Morgan fingerprint density at radius 2 is 2.19 bits per heavy atom. The topological polar surface area (TPSA) is 69.6 Å². The third kappa shape index (κ3) is 2.37. The molecule has 2 N–H and O–H groups in total. The van der Waals surface area contributed by atoms with Gasteiger partial charge < -0.3 is 15.3 Å². The number of fused-ring (bicyclic) bond motifs is 1. The van der Waals surface area contributed by atoms with E-state index in [1.165, 1.54) is 4.90 Å². The van der Waals surface area contributed by atoms with Gasteiger partial charge in [-0.2, -0.15) is 0 Å². The lowest BCUT2D eigenvalue weighted by Crippen LogP contribution is -2.43. The van der Waals surface area contributed by atoms with Gasteiger partial charge in [0, 0.05) is 24.3 Å². The number of anilines is 1. The molecule has 1 saturated heterocycles. The molecule has 0 aliphatic carbocycles. The molecule has 2 aliphatic rings. The zero-order valence-electron chi connectivity index (χ0n) is 12.1. The first-order valence-corrected chi connectivity index (χ1v) is 7.49. The van der Waals surface area contributed by atoms with E-state index >= 15 is 0 Å². The molecule has 0 aromatic heterocycles. The highest BCUT2D eigenvalue weighted by Gasteiger charge is 2.40. The predicted octanol–water partition coefficient (Wildman–Crippen LogP) is 1.98. The lowest BCUT2D eigenvalue weighted by Gasteiger charge is -2.26. The number of hydrogen-bond donors (Lipinski definition) is 2. The summed E-state index contributed by atoms with van der Waals surface area (Å²) in [7, 11) is 0. The number of nitrogens with one attached hydrogen (secondary N) is 1. The van der Waals surface area contributed by atoms with Gasteiger partial charge in [0.05, 0.1) is 0 Å². The van der Waals surface area contributed by atoms with Crippen LogP contribution in [-0.2, 0) is 11.2 Å². The number of nitrogens with zero attached hydrogens (tertiary/aromatic N) is 1. The molecule has 1 fully saturated rings. The Balaban J connectivity index is 1.94. The average molecular weight is 288 g/mol. The van der Waals surface area contributed by atoms with Crippen molar-refractivity contribution in [2.45, 2.75) is 32.2 Å². The van der Waals surface area contributed by atoms with Gasteiger partial charge in [-0.05, 0) is 42.9 Å². The van der Waals surface area contributed by atoms with E-state index in [2.05, 4.69) is 5.32 Å². The molecule has 1 amide bonds. The summed E-state index contributed by atoms with van der Waals surface area (Å²) in [5.41, 5.74) is 2.68. The van der Waals surface area contributed by atoms with Crippen LogP contribution in [0.1, 0.15) is 35.7 Å². The van der Waals surface area contributed by atoms with Crippen LogP contribution < -0.4 is 5.32 Å². The second-order valence-corrected chi connectivity index (χ2v) is 5.91. The average Bonchev–Trinajstić information content (AvgIpc) is 2.88. The third-order valence-electron chi connectivity index (χ3n) is 4.54. The predicted molar refractivity (Wildman–Crippen MR) is 79.5 cm³/mol. The number of hydrogen-bond acceptors (Lipinski definition) is 3. The van der Waals surface area contributed by atoms with Crippen LogP contribution in [0.25, 0.3) is 0 Å². The standard InChI is InChI=1S/C16H20N2O3/c1-10-7-9-18(14(10)16(20)21)15(19)12-4-2-6-13-11(12)5-3-8-17-13/h2,4,6,10,14,17H,3,5,7-9H2,1H3,(H,20,21). The molecule has 0 spiro atoms. The molecule has 2 atom stereocenters. The minimum Gasteiger partial charge on any atom is -0.480 e. The lowest BCUT2D eigenvalue weighted by molar-refractivity contribution is -0.142. The molecular weight excluding hydrogens is 268 g/mol. The first-order valence-electron chi connectivity index (χ1n) is 7.49. The minimum absolute atomic E-state index is 0.00381. The smallest absolute Gasteiger partial charge is 0.326 e. The van der Waals surface area contributed by atoms with Crippen molar-refractivity contribution in [3.63, 3.8) is 0 Å². The number of carboxylic acid groups (broad SMARTS) is 1. The van der Waals surface area contributed by atoms with Crippen molar-refractivity contribution in [3.05, 3.63) is 29.3 Å². The number of rotatable bonds is 2. The van der Waals surface area contributed by atoms with Crippen molar-refractivity contribution >= 4 is 17.6 Å². The molecule has 2 heterocycles. The first-order chi connectivity index (χ1) is 10.1. The molecule has 2 unspecified atom stereocenters. The minimum atomic E-state index is -0.906. The third-order valence-corrected chi connectivity index (χ3v) is 4.54. The van der Waals surface area contributed by atoms with Gasteiger partial charge in [-0.25, -0.2) is 4.79 Å². The van der Waals surface area contributed by atoms with Crippen LogP contribution in [0.3, 0.4) is 0 Å². The fourth-order valence-electron chi connectivity index (χ4n) is 3.42. The maximum absolute atomic E-state index is 12.8. The van der Waals surface area contributed by atoms with Crippen molar-refractivity contribution in [3.8, 4) is 0 Å². The van der Waals surface area contributed by atoms with Gasteiger partial charge in [0.15, 0.2) is 0 Å². The van der Waals surface area contributed by atoms with Gasteiger partial charge in [0.1, 0.15) is 6.04 Å². The summed E-state index contributed by atoms with van der Waals surface area (Å²) in [6.45, 7) is 3.34. The molecule has 1 aromatic rings. The maximum Gasteiger partial charge on any atom is 0.326 e. The van der Waals surface area contributed by atoms with Crippen LogP contribution in [-0.4, -0.2) is 41.0 Å². The van der Waals surface area contributed by atoms with Crippen molar-refractivity contribution in [1.82, 2.24) is 4.90 Å². The van der Waals surface area contributed by atoms with Crippen molar-refractivity contribution in [2.24, 2.45) is 5.92 Å². The Morgan fingerprint density at radius 3 is 2.95 bits per heavy atom. The van der Waals surface area contributed by atoms with Gasteiger partial charge in [0.2, 0.25) is 0 Å². The molecule has 21 heavy (non-hydrogen) atoms. The van der Waals surface area contributed by atoms with Crippen LogP contribution in [0.5, 0.6) is 0 Å².